The maximum atomic E-state index is 16.8. The van der Waals surface area contributed by atoms with E-state index < -0.39 is 97.6 Å². The van der Waals surface area contributed by atoms with Crippen molar-refractivity contribution in [2.24, 2.45) is 71.0 Å². The first kappa shape index (κ1) is 103. The number of hydrogen-bond donors (Lipinski definition) is 10. The second-order valence-electron chi connectivity index (χ2n) is 44.5. The van der Waals surface area contributed by atoms with E-state index in [1.165, 1.54) is 18.2 Å². The Balaban J connectivity index is 0.000000153. The summed E-state index contributed by atoms with van der Waals surface area (Å²) < 4.78 is 97.8. The van der Waals surface area contributed by atoms with E-state index in [9.17, 15) is 33.6 Å². The average molecular weight is 1910 g/mol. The smallest absolute Gasteiger partial charge is 0.320 e. The fourth-order valence-corrected chi connectivity index (χ4v) is 29.7. The minimum atomic E-state index is -1.35. The van der Waals surface area contributed by atoms with E-state index in [0.717, 1.165) is 116 Å². The van der Waals surface area contributed by atoms with Gasteiger partial charge >= 0.3 is 18.1 Å². The van der Waals surface area contributed by atoms with Crippen molar-refractivity contribution in [3.8, 4) is 0 Å². The lowest BCUT2D eigenvalue weighted by Gasteiger charge is -2.60. The Morgan fingerprint density at radius 3 is 1.07 bits per heavy atom. The quantitative estimate of drug-likeness (QED) is 0.0765. The number of halogens is 6. The third kappa shape index (κ3) is 20.6. The van der Waals surface area contributed by atoms with E-state index in [1.54, 1.807) is 21.6 Å². The Labute approximate surface area is 801 Å². The number of nitrogens with one attached hydrogen (secondary N) is 10. The molecule has 10 amide bonds. The number of piperazine rings is 3. The number of fused-ring (bicyclic) bond motifs is 15. The third-order valence-corrected chi connectivity index (χ3v) is 35.9. The van der Waals surface area contributed by atoms with Crippen molar-refractivity contribution >= 4 is 55.2 Å². The van der Waals surface area contributed by atoms with Crippen LogP contribution in [0.15, 0.2) is 38.0 Å². The van der Waals surface area contributed by atoms with Gasteiger partial charge in [-0.15, -0.1) is 0 Å². The first-order valence-corrected chi connectivity index (χ1v) is 52.1. The fraction of sp³-hybridized carbons (Fsp3) is 0.869. The van der Waals surface area contributed by atoms with Gasteiger partial charge in [0.1, 0.15) is 37.0 Å². The molecule has 36 atom stereocenters. The number of piperidine rings is 6. The van der Waals surface area contributed by atoms with Crippen molar-refractivity contribution in [3.63, 3.8) is 0 Å². The molecule has 0 spiro atoms. The number of urea groups is 3. The summed E-state index contributed by atoms with van der Waals surface area (Å²) in [5, 5.41) is 35.9. The minimum absolute atomic E-state index is 0. The van der Waals surface area contributed by atoms with Crippen molar-refractivity contribution in [1.82, 2.24) is 107 Å². The minimum Gasteiger partial charge on any atom is -0.340 e. The number of carbonyl (C=O) groups is 7. The van der Waals surface area contributed by atoms with E-state index in [2.05, 4.69) is 155 Å². The maximum absolute atomic E-state index is 16.8. The van der Waals surface area contributed by atoms with E-state index in [-0.39, 0.29) is 189 Å². The second kappa shape index (κ2) is 44.3. The third-order valence-electron chi connectivity index (χ3n) is 35.9. The lowest BCUT2D eigenvalue weighted by molar-refractivity contribution is -0.139. The van der Waals surface area contributed by atoms with Gasteiger partial charge in [0.25, 0.3) is 0 Å². The number of carbonyl (C=O) groups excluding carboxylic acids is 7. The van der Waals surface area contributed by atoms with E-state index >= 15 is 26.3 Å². The van der Waals surface area contributed by atoms with Gasteiger partial charge in [-0.2, -0.15) is 13.5 Å². The van der Waals surface area contributed by atoms with Crippen LogP contribution < -0.4 is 53.2 Å². The molecule has 756 valence electrons. The Morgan fingerprint density at radius 1 is 0.381 bits per heavy atom. The summed E-state index contributed by atoms with van der Waals surface area (Å²) in [5.74, 6) is -1.01. The summed E-state index contributed by atoms with van der Waals surface area (Å²) in [6.07, 6.45) is 9.47. The molecule has 0 aromatic rings. The molecule has 10 N–H and O–H groups in total. The standard InChI is InChI=1S/C34H55F2N7O3.C33H55F2N7O2.C32H53F2N7O2.H2S/c1-6-27(45)40-15-16-41(20(4)18-40)32-23-17-25(36)30-28-24(35)10-7-11-26(28)42(21(5)44)14-8-9-22-12-13-37-29(19(2)3)31(22)43(33(23)38-30)34(46)39-32;1-6-26(43)40-15-16-41(20(4)18-40)31-22-17-24(35)29-27-23(34)10-7-11-25(27)39(5)14-8-9-21-12-13-36-28(19(2)3)30(21)42(32(22)37-29)33(44)38-31;1-5-25(42)39-14-15-40(19(4)17-39)30-21-16-23(34)28-26-22(33)9-6-10-24(26)35-12-7-8-20-11-13-36-27(18(2)3)29(20)41(31(21)37-28)32(43)38-30;/h6,19-20,22-26,28-33,37-38H,1,7-18H2,2-5H3,(H,39,46);6,19-25,27-32,36-37H,1,7-18H2,2-5H3,(H,38,44);5,18-24,26-31,35-37H,1,6-17H2,2-4H3,(H,38,43);1H2/t20-,22?,23?,24?,25?,26?,28?,29?,30?,31?,32?,33?;20-,21?,22?,23?,24?,25?,27?,28?,29?,30?,31?,32?;19-,20?,21?,22?,23?,24?,26?,27?,28?,29?,30?,31?;/m000./s1. The second-order valence-corrected chi connectivity index (χ2v) is 44.5. The molecule has 15 saturated heterocycles. The van der Waals surface area contributed by atoms with Crippen LogP contribution in [0.2, 0.25) is 0 Å². The summed E-state index contributed by atoms with van der Waals surface area (Å²) in [6.45, 7) is 41.5. The predicted octanol–water partition coefficient (Wildman–Crippen LogP) is 8.49. The Morgan fingerprint density at radius 2 is 0.716 bits per heavy atom. The highest BCUT2D eigenvalue weighted by Crippen LogP contribution is 2.50. The van der Waals surface area contributed by atoms with Crippen LogP contribution in [-0.2, 0) is 19.2 Å². The molecule has 28 nitrogen and oxygen atoms in total. The molecule has 18 fully saturated rings. The van der Waals surface area contributed by atoms with Crippen LogP contribution in [0.3, 0.4) is 0 Å². The molecule has 134 heavy (non-hydrogen) atoms. The van der Waals surface area contributed by atoms with E-state index in [0.29, 0.717) is 121 Å². The lowest BCUT2D eigenvalue weighted by atomic mass is 9.71. The molecule has 33 unspecified atom stereocenters. The topological polar surface area (TPSA) is 275 Å². The molecule has 0 aromatic heterocycles. The summed E-state index contributed by atoms with van der Waals surface area (Å²) in [5.41, 5.74) is 0. The van der Waals surface area contributed by atoms with Gasteiger partial charge in [-0.05, 0) is 249 Å². The highest BCUT2D eigenvalue weighted by Gasteiger charge is 2.64. The molecular weight excluding hydrogens is 1740 g/mol. The average Bonchev–Trinajstić information content (AvgIpc) is 0.731. The van der Waals surface area contributed by atoms with E-state index in [4.69, 9.17) is 0 Å². The van der Waals surface area contributed by atoms with Crippen LogP contribution in [0, 0.1) is 71.0 Å². The first-order chi connectivity index (χ1) is 63.8. The van der Waals surface area contributed by atoms with Crippen molar-refractivity contribution in [1.29, 1.82) is 0 Å². The first-order valence-electron chi connectivity index (χ1n) is 52.1. The van der Waals surface area contributed by atoms with Gasteiger partial charge in [-0.1, -0.05) is 61.3 Å². The predicted molar refractivity (Wildman–Crippen MR) is 512 cm³/mol. The molecular formula is C99H165F6N21O7S. The maximum Gasteiger partial charge on any atom is 0.320 e. The number of alkyl halides is 6. The fourth-order valence-electron chi connectivity index (χ4n) is 29.7. The number of nitrogens with zero attached hydrogens (tertiary/aromatic N) is 11. The number of amides is 10. The summed E-state index contributed by atoms with van der Waals surface area (Å²) >= 11 is 0. The van der Waals surface area contributed by atoms with Crippen molar-refractivity contribution in [3.05, 3.63) is 38.0 Å². The van der Waals surface area contributed by atoms with Crippen molar-refractivity contribution < 1.29 is 59.9 Å². The van der Waals surface area contributed by atoms with Gasteiger partial charge in [0.2, 0.25) is 23.6 Å². The molecule has 6 bridgehead atoms. The van der Waals surface area contributed by atoms with Crippen LogP contribution >= 0.6 is 13.5 Å². The SMILES string of the molecule is C=CC(=O)N1CCN(C2NC(=O)N3C4NC(C(F)CC42)C2C(F)CCCC2N(C(C)=O)CCCC2CCNC(C(C)C)C23)[C@@H](C)C1.C=CC(=O)N1CCN(C2NC(=O)N3C4NC(C(F)CC42)C2C(F)CCCC2N(C)CCCC2CCNC(C(C)C)C23)[C@@H](C)C1.C=CC(=O)N1CCN(C2NC(=O)N3C4NC(C(F)CC42)C2C(F)CCCC2NCCCC2CCNC(C(C)C)C23)[C@@H](C)C1.S. The number of rotatable bonds is 9. The van der Waals surface area contributed by atoms with Gasteiger partial charge in [0, 0.05) is 180 Å². The summed E-state index contributed by atoms with van der Waals surface area (Å²) in [7, 11) is 2.10. The van der Waals surface area contributed by atoms with Crippen molar-refractivity contribution in [2.45, 2.75) is 369 Å². The molecule has 18 aliphatic rings. The van der Waals surface area contributed by atoms with Crippen LogP contribution in [0.5, 0.6) is 0 Å². The Bertz CT molecular complexity index is 4050. The largest absolute Gasteiger partial charge is 0.340 e. The van der Waals surface area contributed by atoms with Gasteiger partial charge < -0.3 is 76.4 Å². The molecule has 35 heteroatoms. The summed E-state index contributed by atoms with van der Waals surface area (Å²) in [4.78, 5) is 116. The molecule has 0 aromatic carbocycles. The molecule has 15 heterocycles. The van der Waals surface area contributed by atoms with Gasteiger partial charge in [-0.3, -0.25) is 49.8 Å². The van der Waals surface area contributed by atoms with Gasteiger partial charge in [-0.25, -0.2) is 40.7 Å². The van der Waals surface area contributed by atoms with Crippen LogP contribution in [0.4, 0.5) is 40.7 Å². The summed E-state index contributed by atoms with van der Waals surface area (Å²) in [6, 6.07) is -3.07. The van der Waals surface area contributed by atoms with Crippen LogP contribution in [-0.4, -0.2) is 365 Å². The Hall–Kier alpha value is -5.60. The van der Waals surface area contributed by atoms with Gasteiger partial charge in [0.15, 0.2) is 0 Å². The molecule has 0 radical (unpaired) electrons. The molecule has 3 aliphatic carbocycles. The normalized spacial score (nSPS) is 43.2. The monoisotopic (exact) mass is 1910 g/mol. The zero-order valence-corrected chi connectivity index (χ0v) is 82.9. The lowest BCUT2D eigenvalue weighted by Crippen LogP contribution is -2.80. The Kier molecular flexibility index (Phi) is 34.0. The molecule has 15 aliphatic heterocycles. The van der Waals surface area contributed by atoms with Crippen molar-refractivity contribution in [2.75, 3.05) is 105 Å². The number of hydrogen-bond acceptors (Lipinski definition) is 18. The zero-order valence-electron chi connectivity index (χ0n) is 81.9. The zero-order chi connectivity index (χ0) is 94.6. The molecule has 3 saturated carbocycles. The highest BCUT2D eigenvalue weighted by atomic mass is 32.1. The van der Waals surface area contributed by atoms with Gasteiger partial charge in [0.05, 0.1) is 55.1 Å². The molecule has 18 rings (SSSR count). The van der Waals surface area contributed by atoms with Crippen LogP contribution in [0.25, 0.3) is 0 Å². The van der Waals surface area contributed by atoms with Crippen LogP contribution in [0.1, 0.15) is 204 Å². The highest BCUT2D eigenvalue weighted by molar-refractivity contribution is 7.59. The van der Waals surface area contributed by atoms with E-state index in [1.807, 2.05) is 26.5 Å².